The van der Waals surface area contributed by atoms with Crippen molar-refractivity contribution in [3.05, 3.63) is 148 Å². The summed E-state index contributed by atoms with van der Waals surface area (Å²) in [6.45, 7) is 7.91. The predicted molar refractivity (Wildman–Crippen MR) is 236 cm³/mol. The van der Waals surface area contributed by atoms with Crippen LogP contribution in [0.15, 0.2) is 90.1 Å². The molecule has 1 aliphatic heterocycles. The highest BCUT2D eigenvalue weighted by atomic mass is 79.9. The SMILES string of the molecule is CC1(C)OB(c2c[nH]c3c([N+](=O)[O-])cccc23)OC1(C)C.Fc1cnc(Cl)nc1Cl.O=[N+]([O-])c1cccc2c(-c3nc(Cl)ncc3F)c[nH]c12.O=[N+]([O-])c1cccc2c(Br)c[nH]c12. The van der Waals surface area contributed by atoms with Crippen molar-refractivity contribution in [1.29, 1.82) is 0 Å². The molecule has 25 heteroatoms. The first-order valence-corrected chi connectivity index (χ1v) is 19.9. The number of nitrogens with one attached hydrogen (secondary N) is 3. The molecule has 1 saturated heterocycles. The quantitative estimate of drug-likeness (QED) is 0.0479. The normalized spacial score (nSPS) is 13.7. The molecule has 0 atom stereocenters. The van der Waals surface area contributed by atoms with Gasteiger partial charge in [-0.3, -0.25) is 30.3 Å². The van der Waals surface area contributed by atoms with E-state index in [1.54, 1.807) is 30.6 Å². The van der Waals surface area contributed by atoms with Crippen LogP contribution in [-0.4, -0.2) is 68.0 Å². The Kier molecular flexibility index (Phi) is 13.7. The van der Waals surface area contributed by atoms with Gasteiger partial charge in [-0.05, 0) is 66.8 Å². The van der Waals surface area contributed by atoms with Gasteiger partial charge in [0.05, 0.1) is 38.4 Å². The molecule has 1 fully saturated rings. The van der Waals surface area contributed by atoms with Crippen LogP contribution in [0.1, 0.15) is 27.7 Å². The van der Waals surface area contributed by atoms with Gasteiger partial charge in [-0.2, -0.15) is 0 Å². The van der Waals surface area contributed by atoms with Gasteiger partial charge >= 0.3 is 7.12 Å². The van der Waals surface area contributed by atoms with Gasteiger partial charge in [0.25, 0.3) is 17.1 Å². The molecular formula is C38H29BBrCl3F2N10O8. The summed E-state index contributed by atoms with van der Waals surface area (Å²) in [6.07, 6.45) is 6.75. The highest BCUT2D eigenvalue weighted by Gasteiger charge is 2.52. The second-order valence-corrected chi connectivity index (χ2v) is 16.0. The first-order valence-electron chi connectivity index (χ1n) is 18.0. The van der Waals surface area contributed by atoms with Crippen LogP contribution in [0.3, 0.4) is 0 Å². The molecule has 0 amide bonds. The fraction of sp³-hybridized carbons (Fsp3) is 0.158. The molecule has 324 valence electrons. The molecule has 9 rings (SSSR count). The van der Waals surface area contributed by atoms with Gasteiger partial charge < -0.3 is 24.3 Å². The van der Waals surface area contributed by atoms with E-state index in [-0.39, 0.29) is 38.5 Å². The highest BCUT2D eigenvalue weighted by molar-refractivity contribution is 9.10. The lowest BCUT2D eigenvalue weighted by Crippen LogP contribution is -2.41. The summed E-state index contributed by atoms with van der Waals surface area (Å²) in [5.74, 6) is -1.32. The minimum absolute atomic E-state index is 0.00301. The average molecular weight is 989 g/mol. The molecule has 63 heavy (non-hydrogen) atoms. The van der Waals surface area contributed by atoms with Gasteiger partial charge in [-0.1, -0.05) is 48.0 Å². The van der Waals surface area contributed by atoms with Crippen LogP contribution in [0.25, 0.3) is 44.0 Å². The van der Waals surface area contributed by atoms with E-state index >= 15 is 0 Å². The molecular weight excluding hydrogens is 960 g/mol. The number of benzene rings is 3. The fourth-order valence-electron chi connectivity index (χ4n) is 6.08. The zero-order valence-electron chi connectivity index (χ0n) is 32.8. The third kappa shape index (κ3) is 9.90. The summed E-state index contributed by atoms with van der Waals surface area (Å²) in [5, 5.41) is 34.3. The Morgan fingerprint density at radius 3 is 1.62 bits per heavy atom. The summed E-state index contributed by atoms with van der Waals surface area (Å²) < 4.78 is 38.8. The zero-order valence-corrected chi connectivity index (χ0v) is 36.7. The first kappa shape index (κ1) is 46.3. The smallest absolute Gasteiger partial charge is 0.399 e. The molecule has 0 aliphatic carbocycles. The molecule has 5 aromatic heterocycles. The number of nitrogens with zero attached hydrogens (tertiary/aromatic N) is 7. The Hall–Kier alpha value is -6.17. The largest absolute Gasteiger partial charge is 0.497 e. The second-order valence-electron chi connectivity index (χ2n) is 14.2. The van der Waals surface area contributed by atoms with Crippen LogP contribution in [0.2, 0.25) is 15.7 Å². The minimum atomic E-state index is -0.666. The Balaban J connectivity index is 0.000000146. The minimum Gasteiger partial charge on any atom is -0.399 e. The van der Waals surface area contributed by atoms with E-state index < -0.39 is 44.7 Å². The van der Waals surface area contributed by atoms with Crippen molar-refractivity contribution < 1.29 is 32.9 Å². The molecule has 0 bridgehead atoms. The van der Waals surface area contributed by atoms with E-state index in [1.807, 2.05) is 39.8 Å². The van der Waals surface area contributed by atoms with Crippen molar-refractivity contribution in [2.75, 3.05) is 0 Å². The van der Waals surface area contributed by atoms with Crippen LogP contribution in [0.4, 0.5) is 25.8 Å². The average Bonchev–Trinajstić information content (AvgIpc) is 4.01. The zero-order chi connectivity index (χ0) is 46.0. The van der Waals surface area contributed by atoms with Crippen LogP contribution in [0, 0.1) is 42.0 Å². The van der Waals surface area contributed by atoms with Crippen molar-refractivity contribution in [2.45, 2.75) is 38.9 Å². The molecule has 8 aromatic rings. The highest BCUT2D eigenvalue weighted by Crippen LogP contribution is 2.38. The predicted octanol–water partition coefficient (Wildman–Crippen LogP) is 10.5. The van der Waals surface area contributed by atoms with Crippen molar-refractivity contribution in [1.82, 2.24) is 34.9 Å². The standard InChI is InChI=1S/C14H17BN2O4.C12H6ClFN4O2.C8H5BrN2O2.C4HCl2FN2/c1-13(2)14(3,4)21-15(20-13)10-8-16-12-9(10)6-5-7-11(12)17(18)19;13-12-16-5-8(14)10(17-12)7-4-15-11-6(7)2-1-3-9(11)18(19)20;9-6-4-10-8-5(6)2-1-3-7(8)11(12)13;5-3-2(7)1-8-4(6)9-3/h5-8,16H,1-4H3;1-5,15H;1-4,10H;1H. The van der Waals surface area contributed by atoms with E-state index in [2.05, 4.69) is 50.8 Å². The van der Waals surface area contributed by atoms with Crippen molar-refractivity contribution >= 4 is 113 Å². The molecule has 1 aliphatic rings. The number of nitro groups is 3. The summed E-state index contributed by atoms with van der Waals surface area (Å²) in [5.41, 5.74) is 1.71. The molecule has 0 saturated carbocycles. The Bertz CT molecular complexity index is 3030. The first-order chi connectivity index (χ1) is 29.7. The third-order valence-electron chi connectivity index (χ3n) is 9.80. The van der Waals surface area contributed by atoms with Crippen LogP contribution in [0.5, 0.6) is 0 Å². The topological polar surface area (TPSA) is 247 Å². The monoisotopic (exact) mass is 986 g/mol. The van der Waals surface area contributed by atoms with E-state index in [0.717, 1.165) is 33.1 Å². The maximum absolute atomic E-state index is 13.8. The van der Waals surface area contributed by atoms with E-state index in [4.69, 9.17) is 44.1 Å². The summed E-state index contributed by atoms with van der Waals surface area (Å²) in [6, 6.07) is 14.5. The number of fused-ring (bicyclic) bond motifs is 3. The van der Waals surface area contributed by atoms with Crippen molar-refractivity contribution in [3.63, 3.8) is 0 Å². The Morgan fingerprint density at radius 2 is 1.10 bits per heavy atom. The van der Waals surface area contributed by atoms with E-state index in [9.17, 15) is 39.1 Å². The van der Waals surface area contributed by atoms with Gasteiger partial charge in [0, 0.05) is 68.4 Å². The van der Waals surface area contributed by atoms with Crippen molar-refractivity contribution in [3.8, 4) is 11.3 Å². The van der Waals surface area contributed by atoms with Crippen molar-refractivity contribution in [2.24, 2.45) is 0 Å². The molecule has 0 spiro atoms. The number of rotatable bonds is 5. The molecule has 18 nitrogen and oxygen atoms in total. The molecule has 0 unspecified atom stereocenters. The Morgan fingerprint density at radius 1 is 0.651 bits per heavy atom. The lowest BCUT2D eigenvalue weighted by molar-refractivity contribution is -0.383. The number of hydrogen-bond acceptors (Lipinski definition) is 12. The van der Waals surface area contributed by atoms with Gasteiger partial charge in [0.15, 0.2) is 16.8 Å². The molecule has 3 N–H and O–H groups in total. The molecule has 0 radical (unpaired) electrons. The maximum Gasteiger partial charge on any atom is 0.497 e. The number of aromatic amines is 3. The second kappa shape index (κ2) is 18.7. The van der Waals surface area contributed by atoms with E-state index in [0.29, 0.717) is 27.5 Å². The molecule has 6 heterocycles. The van der Waals surface area contributed by atoms with Gasteiger partial charge in [-0.25, -0.2) is 28.7 Å². The number of nitro benzene ring substituents is 3. The van der Waals surface area contributed by atoms with Crippen LogP contribution < -0.4 is 5.46 Å². The van der Waals surface area contributed by atoms with Crippen LogP contribution >= 0.6 is 50.7 Å². The lowest BCUT2D eigenvalue weighted by Gasteiger charge is -2.32. The number of aromatic nitrogens is 7. The number of non-ortho nitro benzene ring substituents is 3. The fourth-order valence-corrected chi connectivity index (χ4v) is 6.96. The number of hydrogen-bond donors (Lipinski definition) is 3. The summed E-state index contributed by atoms with van der Waals surface area (Å²) in [7, 11) is -0.536. The van der Waals surface area contributed by atoms with Gasteiger partial charge in [-0.15, -0.1) is 0 Å². The maximum atomic E-state index is 13.8. The van der Waals surface area contributed by atoms with Gasteiger partial charge in [0.2, 0.25) is 10.6 Å². The summed E-state index contributed by atoms with van der Waals surface area (Å²) >= 11 is 19.4. The summed E-state index contributed by atoms with van der Waals surface area (Å²) in [4.78, 5) is 53.9. The number of halogens is 6. The number of H-pyrrole nitrogens is 3. The van der Waals surface area contributed by atoms with E-state index in [1.165, 1.54) is 30.5 Å². The lowest BCUT2D eigenvalue weighted by atomic mass is 9.79. The number of para-hydroxylation sites is 3. The van der Waals surface area contributed by atoms with Crippen LogP contribution in [-0.2, 0) is 9.31 Å². The Labute approximate surface area is 377 Å². The molecule has 3 aromatic carbocycles. The third-order valence-corrected chi connectivity index (χ3v) is 11.1. The van der Waals surface area contributed by atoms with Gasteiger partial charge in [0.1, 0.15) is 22.2 Å².